The van der Waals surface area contributed by atoms with Crippen LogP contribution in [0.4, 0.5) is 5.69 Å². The lowest BCUT2D eigenvalue weighted by Gasteiger charge is -2.05. The van der Waals surface area contributed by atoms with Gasteiger partial charge in [0.1, 0.15) is 11.4 Å². The van der Waals surface area contributed by atoms with Gasteiger partial charge in [0.25, 0.3) is 11.6 Å². The first-order valence-electron chi connectivity index (χ1n) is 8.07. The van der Waals surface area contributed by atoms with Gasteiger partial charge in [-0.1, -0.05) is 24.2 Å². The van der Waals surface area contributed by atoms with E-state index in [1.54, 1.807) is 6.07 Å². The number of fused-ring (bicyclic) bond motifs is 1. The van der Waals surface area contributed by atoms with E-state index in [0.717, 1.165) is 29.7 Å². The molecule has 0 aromatic carbocycles. The van der Waals surface area contributed by atoms with Crippen molar-refractivity contribution in [2.45, 2.75) is 45.4 Å². The first-order chi connectivity index (χ1) is 11.5. The minimum atomic E-state index is -0.242. The Morgan fingerprint density at radius 1 is 1.29 bits per heavy atom. The molecule has 7 nitrogen and oxygen atoms in total. The summed E-state index contributed by atoms with van der Waals surface area (Å²) in [5, 5.41) is 11.7. The number of amides is 1. The van der Waals surface area contributed by atoms with Crippen molar-refractivity contribution in [3.63, 3.8) is 0 Å². The van der Waals surface area contributed by atoms with Gasteiger partial charge in [-0.15, -0.1) is 0 Å². The van der Waals surface area contributed by atoms with Crippen LogP contribution in [0.2, 0.25) is 0 Å². The Labute approximate surface area is 138 Å². The number of carbonyl (C=O) groups excluding carboxylic acids is 1. The predicted molar refractivity (Wildman–Crippen MR) is 87.1 cm³/mol. The number of nitrogens with one attached hydrogen (secondary N) is 1. The van der Waals surface area contributed by atoms with E-state index in [9.17, 15) is 4.79 Å². The predicted octanol–water partition coefficient (Wildman–Crippen LogP) is 3.77. The molecule has 1 saturated carbocycles. The van der Waals surface area contributed by atoms with Crippen LogP contribution in [-0.4, -0.2) is 21.2 Å². The number of rotatable bonds is 4. The molecule has 24 heavy (non-hydrogen) atoms. The summed E-state index contributed by atoms with van der Waals surface area (Å²) in [5.74, 6) is 1.08. The van der Waals surface area contributed by atoms with Crippen LogP contribution < -0.4 is 5.32 Å². The molecule has 3 aromatic heterocycles. The van der Waals surface area contributed by atoms with Gasteiger partial charge in [0.05, 0.1) is 16.6 Å². The highest BCUT2D eigenvalue weighted by molar-refractivity contribution is 6.06. The second-order valence-corrected chi connectivity index (χ2v) is 6.53. The molecule has 0 saturated heterocycles. The average Bonchev–Trinajstić information content (AvgIpc) is 3.21. The first-order valence-corrected chi connectivity index (χ1v) is 8.07. The fourth-order valence-corrected chi connectivity index (χ4v) is 2.74. The topological polar surface area (TPSA) is 94.1 Å². The first kappa shape index (κ1) is 14.9. The van der Waals surface area contributed by atoms with Gasteiger partial charge in [-0.3, -0.25) is 4.79 Å². The maximum Gasteiger partial charge on any atom is 0.257 e. The minimum Gasteiger partial charge on any atom is -0.359 e. The third kappa shape index (κ3) is 2.46. The van der Waals surface area contributed by atoms with Gasteiger partial charge in [-0.05, 0) is 31.7 Å². The summed E-state index contributed by atoms with van der Waals surface area (Å²) in [6.45, 7) is 5.86. The number of aromatic nitrogens is 3. The van der Waals surface area contributed by atoms with E-state index in [2.05, 4.69) is 20.6 Å². The van der Waals surface area contributed by atoms with E-state index < -0.39 is 0 Å². The number of hydrogen-bond donors (Lipinski definition) is 1. The molecule has 1 N–H and O–H groups in total. The molecular formula is C17H18N4O3. The van der Waals surface area contributed by atoms with Crippen molar-refractivity contribution in [2.75, 3.05) is 5.32 Å². The summed E-state index contributed by atoms with van der Waals surface area (Å²) in [6.07, 6.45) is 3.64. The molecule has 1 aliphatic rings. The van der Waals surface area contributed by atoms with E-state index >= 15 is 0 Å². The summed E-state index contributed by atoms with van der Waals surface area (Å²) < 4.78 is 10.6. The molecule has 1 amide bonds. The lowest BCUT2D eigenvalue weighted by atomic mass is 10.1. The van der Waals surface area contributed by atoms with Gasteiger partial charge >= 0.3 is 0 Å². The number of anilines is 1. The maximum absolute atomic E-state index is 12.6. The van der Waals surface area contributed by atoms with Gasteiger partial charge in [0.15, 0.2) is 5.76 Å². The molecule has 1 fully saturated rings. The number of aryl methyl sites for hydroxylation is 1. The fourth-order valence-electron chi connectivity index (χ4n) is 2.74. The second kappa shape index (κ2) is 5.43. The third-order valence-electron chi connectivity index (χ3n) is 4.24. The molecule has 0 spiro atoms. The Kier molecular flexibility index (Phi) is 3.37. The van der Waals surface area contributed by atoms with Crippen LogP contribution in [-0.2, 0) is 0 Å². The fraction of sp³-hybridized carbons (Fsp3) is 0.412. The van der Waals surface area contributed by atoms with Crippen LogP contribution >= 0.6 is 0 Å². The van der Waals surface area contributed by atoms with E-state index in [1.165, 1.54) is 6.20 Å². The van der Waals surface area contributed by atoms with Crippen molar-refractivity contribution in [3.05, 3.63) is 35.0 Å². The lowest BCUT2D eigenvalue weighted by molar-refractivity contribution is 0.102. The Hall–Kier alpha value is -2.70. The van der Waals surface area contributed by atoms with Crippen LogP contribution in [0.3, 0.4) is 0 Å². The van der Waals surface area contributed by atoms with Crippen LogP contribution in [0.25, 0.3) is 11.1 Å². The zero-order chi connectivity index (χ0) is 16.8. The summed E-state index contributed by atoms with van der Waals surface area (Å²) in [6, 6.07) is 1.77. The quantitative estimate of drug-likeness (QED) is 0.784. The highest BCUT2D eigenvalue weighted by atomic mass is 16.5. The molecule has 7 heteroatoms. The number of nitrogens with zero attached hydrogens (tertiary/aromatic N) is 3. The minimum absolute atomic E-state index is 0.188. The average molecular weight is 326 g/mol. The van der Waals surface area contributed by atoms with Crippen molar-refractivity contribution in [2.24, 2.45) is 0 Å². The van der Waals surface area contributed by atoms with Gasteiger partial charge in [-0.2, -0.15) is 0 Å². The lowest BCUT2D eigenvalue weighted by Crippen LogP contribution is -2.13. The monoisotopic (exact) mass is 326 g/mol. The number of carbonyl (C=O) groups is 1. The molecule has 0 atom stereocenters. The van der Waals surface area contributed by atoms with Crippen LogP contribution in [0, 0.1) is 6.92 Å². The summed E-state index contributed by atoms with van der Waals surface area (Å²) in [4.78, 5) is 16.8. The summed E-state index contributed by atoms with van der Waals surface area (Å²) in [7, 11) is 0. The van der Waals surface area contributed by atoms with E-state index in [0.29, 0.717) is 28.6 Å². The van der Waals surface area contributed by atoms with E-state index in [4.69, 9.17) is 9.05 Å². The van der Waals surface area contributed by atoms with Gasteiger partial charge in [-0.25, -0.2) is 4.98 Å². The molecule has 3 aromatic rings. The van der Waals surface area contributed by atoms with Crippen molar-refractivity contribution in [1.82, 2.24) is 15.3 Å². The molecule has 124 valence electrons. The summed E-state index contributed by atoms with van der Waals surface area (Å²) in [5.41, 5.74) is 3.06. The standard InChI is InChI=1S/C17H18N4O3/c1-8(2)13-12-6-11(7-18-17(12)24-21-13)16(22)19-14-9(3)20-23-15(14)10-4-5-10/h6-8,10H,4-5H2,1-3H3,(H,19,22). The highest BCUT2D eigenvalue weighted by Crippen LogP contribution is 2.44. The summed E-state index contributed by atoms with van der Waals surface area (Å²) >= 11 is 0. The third-order valence-corrected chi connectivity index (χ3v) is 4.24. The van der Waals surface area contributed by atoms with Gasteiger partial charge < -0.3 is 14.4 Å². The van der Waals surface area contributed by atoms with Crippen molar-refractivity contribution >= 4 is 22.7 Å². The Morgan fingerprint density at radius 3 is 2.79 bits per heavy atom. The largest absolute Gasteiger partial charge is 0.359 e. The van der Waals surface area contributed by atoms with Gasteiger partial charge in [0.2, 0.25) is 0 Å². The maximum atomic E-state index is 12.6. The molecule has 0 bridgehead atoms. The number of pyridine rings is 1. The van der Waals surface area contributed by atoms with Crippen molar-refractivity contribution < 1.29 is 13.8 Å². The van der Waals surface area contributed by atoms with Crippen LogP contribution in [0.5, 0.6) is 0 Å². The SMILES string of the molecule is Cc1noc(C2CC2)c1NC(=O)c1cnc2onc(C(C)C)c2c1. The zero-order valence-electron chi connectivity index (χ0n) is 13.8. The van der Waals surface area contributed by atoms with E-state index in [1.807, 2.05) is 20.8 Å². The van der Waals surface area contributed by atoms with Crippen LogP contribution in [0.15, 0.2) is 21.3 Å². The molecule has 4 rings (SSSR count). The molecule has 1 aliphatic carbocycles. The molecular weight excluding hydrogens is 308 g/mol. The Bertz CT molecular complexity index is 921. The second-order valence-electron chi connectivity index (χ2n) is 6.53. The smallest absolute Gasteiger partial charge is 0.257 e. The molecule has 0 radical (unpaired) electrons. The van der Waals surface area contributed by atoms with Crippen LogP contribution in [0.1, 0.15) is 66.0 Å². The molecule has 0 unspecified atom stereocenters. The van der Waals surface area contributed by atoms with Crippen molar-refractivity contribution in [3.8, 4) is 0 Å². The Morgan fingerprint density at radius 2 is 2.08 bits per heavy atom. The zero-order valence-corrected chi connectivity index (χ0v) is 13.8. The molecule has 0 aliphatic heterocycles. The highest BCUT2D eigenvalue weighted by Gasteiger charge is 2.32. The Balaban J connectivity index is 1.66. The normalized spacial score (nSPS) is 14.5. The molecule has 3 heterocycles. The number of hydrogen-bond acceptors (Lipinski definition) is 6. The van der Waals surface area contributed by atoms with Gasteiger partial charge in [0, 0.05) is 12.1 Å². The van der Waals surface area contributed by atoms with E-state index in [-0.39, 0.29) is 11.8 Å². The van der Waals surface area contributed by atoms with Crippen molar-refractivity contribution in [1.29, 1.82) is 0 Å².